The monoisotopic (exact) mass is 288 g/mol. The van der Waals surface area contributed by atoms with Gasteiger partial charge in [0.05, 0.1) is 6.61 Å². The van der Waals surface area contributed by atoms with Crippen LogP contribution in [0.2, 0.25) is 0 Å². The van der Waals surface area contributed by atoms with E-state index in [4.69, 9.17) is 9.47 Å². The van der Waals surface area contributed by atoms with Gasteiger partial charge in [0.1, 0.15) is 18.1 Å². The highest BCUT2D eigenvalue weighted by atomic mass is 32.2. The van der Waals surface area contributed by atoms with Gasteiger partial charge in [0, 0.05) is 26.7 Å². The van der Waals surface area contributed by atoms with Gasteiger partial charge in [0.25, 0.3) is 10.2 Å². The van der Waals surface area contributed by atoms with Crippen LogP contribution in [0.1, 0.15) is 6.92 Å². The lowest BCUT2D eigenvalue weighted by Gasteiger charge is -2.13. The maximum Gasteiger partial charge on any atom is 0.279 e. The maximum atomic E-state index is 11.4. The summed E-state index contributed by atoms with van der Waals surface area (Å²) < 4.78 is 37.1. The van der Waals surface area contributed by atoms with E-state index < -0.39 is 10.2 Å². The van der Waals surface area contributed by atoms with Crippen LogP contribution in [0.4, 0.5) is 0 Å². The zero-order valence-electron chi connectivity index (χ0n) is 11.4. The zero-order chi connectivity index (χ0) is 14.3. The van der Waals surface area contributed by atoms with E-state index in [9.17, 15) is 8.42 Å². The molecule has 0 bridgehead atoms. The molecule has 0 aliphatic heterocycles. The summed E-state index contributed by atoms with van der Waals surface area (Å²) in [6.45, 7) is 2.96. The second-order valence-corrected chi connectivity index (χ2v) is 5.91. The fourth-order valence-corrected chi connectivity index (χ4v) is 1.89. The number of rotatable bonds is 8. The van der Waals surface area contributed by atoms with Crippen molar-refractivity contribution in [1.82, 2.24) is 9.03 Å². The molecular formula is C12H20N2O4S. The van der Waals surface area contributed by atoms with Gasteiger partial charge in [0.15, 0.2) is 0 Å². The lowest BCUT2D eigenvalue weighted by molar-refractivity contribution is 0.312. The van der Waals surface area contributed by atoms with E-state index >= 15 is 0 Å². The van der Waals surface area contributed by atoms with Crippen molar-refractivity contribution in [2.24, 2.45) is 0 Å². The number of hydrogen-bond donors (Lipinski definition) is 1. The molecule has 0 radical (unpaired) electrons. The first-order valence-corrected chi connectivity index (χ1v) is 7.42. The van der Waals surface area contributed by atoms with E-state index in [0.717, 1.165) is 10.1 Å². The van der Waals surface area contributed by atoms with Gasteiger partial charge in [-0.3, -0.25) is 0 Å². The standard InChI is InChI=1S/C12H20N2O4S/c1-4-17-11-6-5-7-12(10-11)18-9-8-13-19(15,16)14(2)3/h5-7,10,13H,4,8-9H2,1-3H3. The van der Waals surface area contributed by atoms with Gasteiger partial charge in [0.2, 0.25) is 0 Å². The molecule has 0 fully saturated rings. The van der Waals surface area contributed by atoms with Crippen LogP contribution in [-0.2, 0) is 10.2 Å². The van der Waals surface area contributed by atoms with Crippen molar-refractivity contribution < 1.29 is 17.9 Å². The average molecular weight is 288 g/mol. The van der Waals surface area contributed by atoms with Crippen LogP contribution in [0, 0.1) is 0 Å². The molecular weight excluding hydrogens is 268 g/mol. The first-order chi connectivity index (χ1) is 8.95. The smallest absolute Gasteiger partial charge is 0.279 e. The highest BCUT2D eigenvalue weighted by Gasteiger charge is 2.11. The summed E-state index contributed by atoms with van der Waals surface area (Å²) in [6.07, 6.45) is 0. The molecule has 0 unspecified atom stereocenters. The van der Waals surface area contributed by atoms with Crippen LogP contribution in [0.15, 0.2) is 24.3 Å². The minimum absolute atomic E-state index is 0.208. The molecule has 0 atom stereocenters. The highest BCUT2D eigenvalue weighted by molar-refractivity contribution is 7.87. The van der Waals surface area contributed by atoms with Crippen LogP contribution >= 0.6 is 0 Å². The summed E-state index contributed by atoms with van der Waals surface area (Å²) in [4.78, 5) is 0. The normalized spacial score (nSPS) is 11.6. The Morgan fingerprint density at radius 2 is 1.84 bits per heavy atom. The van der Waals surface area contributed by atoms with E-state index in [1.165, 1.54) is 14.1 Å². The Morgan fingerprint density at radius 3 is 2.42 bits per heavy atom. The minimum atomic E-state index is -3.39. The molecule has 0 heterocycles. The van der Waals surface area contributed by atoms with Crippen molar-refractivity contribution in [1.29, 1.82) is 0 Å². The van der Waals surface area contributed by atoms with Crippen molar-refractivity contribution >= 4 is 10.2 Å². The molecule has 0 aromatic heterocycles. The third kappa shape index (κ3) is 5.46. The molecule has 0 spiro atoms. The van der Waals surface area contributed by atoms with Gasteiger partial charge >= 0.3 is 0 Å². The molecule has 0 saturated carbocycles. The van der Waals surface area contributed by atoms with Gasteiger partial charge in [-0.05, 0) is 19.1 Å². The van der Waals surface area contributed by atoms with Crippen LogP contribution in [0.5, 0.6) is 11.5 Å². The van der Waals surface area contributed by atoms with Crippen LogP contribution in [-0.4, -0.2) is 46.6 Å². The number of ether oxygens (including phenoxy) is 2. The van der Waals surface area contributed by atoms with Crippen molar-refractivity contribution in [2.45, 2.75) is 6.92 Å². The third-order valence-corrected chi connectivity index (χ3v) is 3.78. The van der Waals surface area contributed by atoms with Gasteiger partial charge in [-0.25, -0.2) is 0 Å². The Labute approximate surface area is 114 Å². The number of hydrogen-bond acceptors (Lipinski definition) is 4. The number of nitrogens with zero attached hydrogens (tertiary/aromatic N) is 1. The molecule has 1 N–H and O–H groups in total. The van der Waals surface area contributed by atoms with E-state index in [0.29, 0.717) is 12.4 Å². The van der Waals surface area contributed by atoms with Gasteiger partial charge in [-0.2, -0.15) is 17.4 Å². The fourth-order valence-electron chi connectivity index (χ4n) is 1.29. The third-order valence-electron chi connectivity index (χ3n) is 2.25. The van der Waals surface area contributed by atoms with Gasteiger partial charge in [-0.15, -0.1) is 0 Å². The summed E-state index contributed by atoms with van der Waals surface area (Å²) in [7, 11) is -0.457. The predicted octanol–water partition coefficient (Wildman–Crippen LogP) is 0.860. The molecule has 19 heavy (non-hydrogen) atoms. The van der Waals surface area contributed by atoms with Gasteiger partial charge < -0.3 is 9.47 Å². The largest absolute Gasteiger partial charge is 0.494 e. The van der Waals surface area contributed by atoms with Gasteiger partial charge in [-0.1, -0.05) is 6.07 Å². The summed E-state index contributed by atoms with van der Waals surface area (Å²) in [5.74, 6) is 1.38. The molecule has 6 nitrogen and oxygen atoms in total. The fraction of sp³-hybridized carbons (Fsp3) is 0.500. The molecule has 1 aromatic carbocycles. The summed E-state index contributed by atoms with van der Waals surface area (Å²) in [5.41, 5.74) is 0. The molecule has 0 amide bonds. The Balaban J connectivity index is 2.39. The summed E-state index contributed by atoms with van der Waals surface area (Å²) in [5, 5.41) is 0. The lowest BCUT2D eigenvalue weighted by Crippen LogP contribution is -2.37. The summed E-state index contributed by atoms with van der Waals surface area (Å²) >= 11 is 0. The first kappa shape index (κ1) is 15.7. The summed E-state index contributed by atoms with van der Waals surface area (Å²) in [6, 6.07) is 7.22. The van der Waals surface area contributed by atoms with Crippen molar-refractivity contribution in [3.63, 3.8) is 0 Å². The molecule has 0 aliphatic rings. The Morgan fingerprint density at radius 1 is 1.21 bits per heavy atom. The van der Waals surface area contributed by atoms with E-state index in [-0.39, 0.29) is 13.2 Å². The minimum Gasteiger partial charge on any atom is -0.494 e. The lowest BCUT2D eigenvalue weighted by atomic mass is 10.3. The van der Waals surface area contributed by atoms with Crippen LogP contribution < -0.4 is 14.2 Å². The van der Waals surface area contributed by atoms with E-state index in [1.54, 1.807) is 12.1 Å². The van der Waals surface area contributed by atoms with Crippen molar-refractivity contribution in [2.75, 3.05) is 33.9 Å². The van der Waals surface area contributed by atoms with Crippen LogP contribution in [0.25, 0.3) is 0 Å². The second kappa shape index (κ2) is 7.32. The zero-order valence-corrected chi connectivity index (χ0v) is 12.2. The quantitative estimate of drug-likeness (QED) is 0.720. The van der Waals surface area contributed by atoms with Crippen LogP contribution in [0.3, 0.4) is 0 Å². The molecule has 1 rings (SSSR count). The van der Waals surface area contributed by atoms with Crippen molar-refractivity contribution in [3.8, 4) is 11.5 Å². The van der Waals surface area contributed by atoms with Crippen molar-refractivity contribution in [3.05, 3.63) is 24.3 Å². The molecule has 108 valence electrons. The van der Waals surface area contributed by atoms with E-state index in [1.807, 2.05) is 19.1 Å². The Hall–Kier alpha value is -1.31. The predicted molar refractivity (Wildman–Crippen MR) is 73.7 cm³/mol. The first-order valence-electron chi connectivity index (χ1n) is 5.98. The topological polar surface area (TPSA) is 67.9 Å². The molecule has 0 aliphatic carbocycles. The Bertz CT molecular complexity index is 488. The Kier molecular flexibility index (Phi) is 6.07. The van der Waals surface area contributed by atoms with E-state index in [2.05, 4.69) is 4.72 Å². The SMILES string of the molecule is CCOc1cccc(OCCNS(=O)(=O)N(C)C)c1. The highest BCUT2D eigenvalue weighted by Crippen LogP contribution is 2.19. The molecule has 0 saturated heterocycles. The molecule has 7 heteroatoms. The molecule has 1 aromatic rings. The average Bonchev–Trinajstić information content (AvgIpc) is 2.35. The number of benzene rings is 1. The maximum absolute atomic E-state index is 11.4. The second-order valence-electron chi connectivity index (χ2n) is 3.94. The number of nitrogens with one attached hydrogen (secondary N) is 1.